The number of aryl methyl sites for hydroxylation is 2. The van der Waals surface area contributed by atoms with Crippen LogP contribution in [0, 0.1) is 6.92 Å². The van der Waals surface area contributed by atoms with Gasteiger partial charge in [-0.3, -0.25) is 18.8 Å². The highest BCUT2D eigenvalue weighted by Crippen LogP contribution is 1.94. The number of ketones is 1. The number of aromatic nitrogens is 4. The van der Waals surface area contributed by atoms with E-state index in [0.717, 1.165) is 16.3 Å². The molecule has 0 atom stereocenters. The second-order valence-electron chi connectivity index (χ2n) is 4.30. The molecule has 0 saturated heterocycles. The number of hydrogen-bond donors (Lipinski definition) is 1. The highest BCUT2D eigenvalue weighted by Gasteiger charge is 2.10. The standard InChI is InChI=1S/C12H14N4O3/c1-8-5-14-15(7-8)3-4-16-11(18)10(9(2)17)6-13-12(16)19/h5-7H,3-4H2,1-2H3,(H,13,19). The zero-order valence-electron chi connectivity index (χ0n) is 10.7. The Bertz CT molecular complexity index is 723. The zero-order valence-corrected chi connectivity index (χ0v) is 10.7. The van der Waals surface area contributed by atoms with Gasteiger partial charge in [-0.15, -0.1) is 0 Å². The number of nitrogens with zero attached hydrogens (tertiary/aromatic N) is 3. The largest absolute Gasteiger partial charge is 0.328 e. The van der Waals surface area contributed by atoms with Gasteiger partial charge in [0.25, 0.3) is 5.56 Å². The summed E-state index contributed by atoms with van der Waals surface area (Å²) < 4.78 is 2.65. The SMILES string of the molecule is CC(=O)c1c[nH]c(=O)n(CCn2cc(C)cn2)c1=O. The monoisotopic (exact) mass is 262 g/mol. The van der Waals surface area contributed by atoms with E-state index in [1.165, 1.54) is 6.92 Å². The summed E-state index contributed by atoms with van der Waals surface area (Å²) >= 11 is 0. The van der Waals surface area contributed by atoms with Gasteiger partial charge in [0, 0.05) is 12.4 Å². The van der Waals surface area contributed by atoms with Gasteiger partial charge in [0.05, 0.1) is 24.8 Å². The fourth-order valence-corrected chi connectivity index (χ4v) is 1.76. The fraction of sp³-hybridized carbons (Fsp3) is 0.333. The van der Waals surface area contributed by atoms with Gasteiger partial charge in [-0.2, -0.15) is 5.10 Å². The molecule has 100 valence electrons. The van der Waals surface area contributed by atoms with Crippen LogP contribution in [0.15, 0.2) is 28.2 Å². The maximum absolute atomic E-state index is 12.0. The molecule has 19 heavy (non-hydrogen) atoms. The molecular formula is C12H14N4O3. The molecule has 0 aliphatic carbocycles. The quantitative estimate of drug-likeness (QED) is 0.782. The lowest BCUT2D eigenvalue weighted by Gasteiger charge is -2.05. The van der Waals surface area contributed by atoms with Crippen LogP contribution in [-0.4, -0.2) is 25.1 Å². The zero-order chi connectivity index (χ0) is 14.0. The topological polar surface area (TPSA) is 89.8 Å². The Morgan fingerprint density at radius 2 is 2.11 bits per heavy atom. The van der Waals surface area contributed by atoms with Crippen LogP contribution in [0.5, 0.6) is 0 Å². The molecule has 0 unspecified atom stereocenters. The van der Waals surface area contributed by atoms with Crippen LogP contribution in [0.1, 0.15) is 22.8 Å². The van der Waals surface area contributed by atoms with E-state index in [9.17, 15) is 14.4 Å². The molecule has 0 aliphatic heterocycles. The third-order valence-electron chi connectivity index (χ3n) is 2.76. The molecule has 7 heteroatoms. The molecule has 0 saturated carbocycles. The average Bonchev–Trinajstić information content (AvgIpc) is 2.74. The Labute approximate surface area is 108 Å². The number of carbonyl (C=O) groups is 1. The van der Waals surface area contributed by atoms with Gasteiger partial charge < -0.3 is 4.98 Å². The van der Waals surface area contributed by atoms with E-state index in [0.29, 0.717) is 6.54 Å². The molecule has 0 spiro atoms. The first-order valence-corrected chi connectivity index (χ1v) is 5.81. The van der Waals surface area contributed by atoms with Gasteiger partial charge >= 0.3 is 5.69 Å². The second-order valence-corrected chi connectivity index (χ2v) is 4.30. The van der Waals surface area contributed by atoms with Crippen LogP contribution in [-0.2, 0) is 13.1 Å². The van der Waals surface area contributed by atoms with Crippen molar-refractivity contribution in [1.82, 2.24) is 19.3 Å². The van der Waals surface area contributed by atoms with Crippen LogP contribution < -0.4 is 11.2 Å². The minimum atomic E-state index is -0.569. The molecule has 0 aromatic carbocycles. The molecule has 1 N–H and O–H groups in total. The van der Waals surface area contributed by atoms with E-state index in [2.05, 4.69) is 10.1 Å². The molecule has 2 rings (SSSR count). The first-order valence-electron chi connectivity index (χ1n) is 5.81. The van der Waals surface area contributed by atoms with E-state index in [-0.39, 0.29) is 17.9 Å². The molecule has 7 nitrogen and oxygen atoms in total. The van der Waals surface area contributed by atoms with Crippen molar-refractivity contribution < 1.29 is 4.79 Å². The summed E-state index contributed by atoms with van der Waals surface area (Å²) in [7, 11) is 0. The van der Waals surface area contributed by atoms with E-state index in [4.69, 9.17) is 0 Å². The number of aromatic amines is 1. The Kier molecular flexibility index (Phi) is 3.46. The number of H-pyrrole nitrogens is 1. The lowest BCUT2D eigenvalue weighted by atomic mass is 10.2. The smallest absolute Gasteiger partial charge is 0.313 e. The molecule has 0 fully saturated rings. The Hall–Kier alpha value is -2.44. The highest BCUT2D eigenvalue weighted by molar-refractivity contribution is 5.93. The van der Waals surface area contributed by atoms with Crippen molar-refractivity contribution in [3.8, 4) is 0 Å². The van der Waals surface area contributed by atoms with Gasteiger partial charge in [-0.1, -0.05) is 0 Å². The lowest BCUT2D eigenvalue weighted by Crippen LogP contribution is -2.38. The van der Waals surface area contributed by atoms with Crippen molar-refractivity contribution in [3.05, 3.63) is 50.6 Å². The van der Waals surface area contributed by atoms with Gasteiger partial charge in [0.2, 0.25) is 0 Å². The third-order valence-corrected chi connectivity index (χ3v) is 2.76. The van der Waals surface area contributed by atoms with Crippen molar-refractivity contribution in [3.63, 3.8) is 0 Å². The third kappa shape index (κ3) is 2.70. The van der Waals surface area contributed by atoms with E-state index < -0.39 is 11.2 Å². The summed E-state index contributed by atoms with van der Waals surface area (Å²) in [6.07, 6.45) is 4.66. The minimum Gasteiger partial charge on any atom is -0.313 e. The summed E-state index contributed by atoms with van der Waals surface area (Å²) in [6.45, 7) is 3.74. The molecule has 0 bridgehead atoms. The van der Waals surface area contributed by atoms with Crippen LogP contribution in [0.4, 0.5) is 0 Å². The first kappa shape index (κ1) is 13.0. The first-order chi connectivity index (χ1) is 8.99. The van der Waals surface area contributed by atoms with Crippen LogP contribution >= 0.6 is 0 Å². The fourth-order valence-electron chi connectivity index (χ4n) is 1.76. The molecule has 2 heterocycles. The van der Waals surface area contributed by atoms with Crippen LogP contribution in [0.25, 0.3) is 0 Å². The molecule has 0 amide bonds. The number of rotatable bonds is 4. The normalized spacial score (nSPS) is 10.6. The molecule has 0 radical (unpaired) electrons. The summed E-state index contributed by atoms with van der Waals surface area (Å²) in [4.78, 5) is 37.2. The van der Waals surface area contributed by atoms with Crippen molar-refractivity contribution in [2.45, 2.75) is 26.9 Å². The molecular weight excluding hydrogens is 248 g/mol. The Morgan fingerprint density at radius 3 is 2.68 bits per heavy atom. The summed E-state index contributed by atoms with van der Waals surface area (Å²) in [6, 6.07) is 0. The predicted molar refractivity (Wildman–Crippen MR) is 68.3 cm³/mol. The number of hydrogen-bond acceptors (Lipinski definition) is 4. The summed E-state index contributed by atoms with van der Waals surface area (Å²) in [5.74, 6) is -0.370. The maximum atomic E-state index is 12.0. The van der Waals surface area contributed by atoms with Crippen molar-refractivity contribution in [2.24, 2.45) is 0 Å². The van der Waals surface area contributed by atoms with Crippen LogP contribution in [0.2, 0.25) is 0 Å². The summed E-state index contributed by atoms with van der Waals surface area (Å²) in [5.41, 5.74) is -0.117. The molecule has 0 aliphatic rings. The van der Waals surface area contributed by atoms with Gasteiger partial charge in [0.15, 0.2) is 5.78 Å². The number of Topliss-reactive ketones (excluding diaryl/α,β-unsaturated/α-hetero) is 1. The van der Waals surface area contributed by atoms with Crippen molar-refractivity contribution >= 4 is 5.78 Å². The van der Waals surface area contributed by atoms with Gasteiger partial charge in [-0.25, -0.2) is 4.79 Å². The Morgan fingerprint density at radius 1 is 1.37 bits per heavy atom. The number of carbonyl (C=O) groups excluding carboxylic acids is 1. The number of nitrogens with one attached hydrogen (secondary N) is 1. The van der Waals surface area contributed by atoms with E-state index in [1.54, 1.807) is 10.9 Å². The predicted octanol–water partition coefficient (Wildman–Crippen LogP) is -0.0557. The molecule has 2 aromatic heterocycles. The van der Waals surface area contributed by atoms with E-state index in [1.807, 2.05) is 13.1 Å². The second kappa shape index (κ2) is 5.05. The maximum Gasteiger partial charge on any atom is 0.328 e. The average molecular weight is 262 g/mol. The van der Waals surface area contributed by atoms with E-state index >= 15 is 0 Å². The Balaban J connectivity index is 2.30. The lowest BCUT2D eigenvalue weighted by molar-refractivity contribution is 0.101. The van der Waals surface area contributed by atoms with Crippen LogP contribution in [0.3, 0.4) is 0 Å². The van der Waals surface area contributed by atoms with Crippen molar-refractivity contribution in [2.75, 3.05) is 0 Å². The summed E-state index contributed by atoms with van der Waals surface area (Å²) in [5, 5.41) is 4.07. The van der Waals surface area contributed by atoms with Gasteiger partial charge in [0.1, 0.15) is 0 Å². The highest BCUT2D eigenvalue weighted by atomic mass is 16.2. The minimum absolute atomic E-state index is 0.0174. The molecule has 2 aromatic rings. The van der Waals surface area contributed by atoms with Crippen molar-refractivity contribution in [1.29, 1.82) is 0 Å². The van der Waals surface area contributed by atoms with Gasteiger partial charge in [-0.05, 0) is 19.4 Å².